The van der Waals surface area contributed by atoms with Crippen molar-refractivity contribution in [1.82, 2.24) is 9.21 Å². The highest BCUT2D eigenvalue weighted by Gasteiger charge is 2.30. The van der Waals surface area contributed by atoms with Crippen LogP contribution in [0, 0.1) is 5.82 Å². The van der Waals surface area contributed by atoms with Gasteiger partial charge < -0.3 is 9.64 Å². The Labute approximate surface area is 133 Å². The van der Waals surface area contributed by atoms with Gasteiger partial charge in [0.2, 0.25) is 10.0 Å². The van der Waals surface area contributed by atoms with Crippen molar-refractivity contribution in [2.24, 2.45) is 0 Å². The maximum Gasteiger partial charge on any atom is 0.409 e. The monoisotopic (exact) mass is 350 g/mol. The van der Waals surface area contributed by atoms with Gasteiger partial charge in [0, 0.05) is 31.2 Å². The maximum atomic E-state index is 13.8. The molecule has 0 saturated carbocycles. The molecule has 0 spiro atoms. The van der Waals surface area contributed by atoms with E-state index in [-0.39, 0.29) is 24.7 Å². The van der Waals surface area contributed by atoms with Gasteiger partial charge in [-0.3, -0.25) is 0 Å². The number of carbonyl (C=O) groups is 1. The number of ether oxygens (including phenoxy) is 1. The Bertz CT molecular complexity index is 668. The van der Waals surface area contributed by atoms with Crippen LogP contribution >= 0.6 is 11.6 Å². The summed E-state index contributed by atoms with van der Waals surface area (Å²) in [4.78, 5) is 12.5. The molecule has 0 aliphatic carbocycles. The summed E-state index contributed by atoms with van der Waals surface area (Å²) in [5.41, 5.74) is 0. The van der Waals surface area contributed by atoms with Crippen molar-refractivity contribution in [3.05, 3.63) is 29.0 Å². The molecule has 0 unspecified atom stereocenters. The summed E-state index contributed by atoms with van der Waals surface area (Å²) in [6.45, 7) is 0.843. The van der Waals surface area contributed by atoms with E-state index in [0.29, 0.717) is 13.0 Å². The number of halogens is 2. The van der Waals surface area contributed by atoms with Crippen LogP contribution in [0.3, 0.4) is 0 Å². The molecule has 1 fully saturated rings. The van der Waals surface area contributed by atoms with Crippen molar-refractivity contribution in [1.29, 1.82) is 0 Å². The lowest BCUT2D eigenvalue weighted by atomic mass is 10.3. The number of methoxy groups -OCH3 is 1. The summed E-state index contributed by atoms with van der Waals surface area (Å²) >= 11 is 5.76. The molecule has 1 heterocycles. The molecule has 9 heteroatoms. The van der Waals surface area contributed by atoms with Crippen LogP contribution in [0.4, 0.5) is 9.18 Å². The van der Waals surface area contributed by atoms with E-state index in [0.717, 1.165) is 16.4 Å². The van der Waals surface area contributed by atoms with Crippen molar-refractivity contribution in [2.75, 3.05) is 33.3 Å². The predicted octanol–water partition coefficient (Wildman–Crippen LogP) is 1.94. The molecule has 122 valence electrons. The zero-order chi connectivity index (χ0) is 16.3. The number of rotatable bonds is 2. The zero-order valence-electron chi connectivity index (χ0n) is 12.0. The average molecular weight is 351 g/mol. The molecule has 0 N–H and O–H groups in total. The molecule has 0 radical (unpaired) electrons. The second-order valence-electron chi connectivity index (χ2n) is 4.79. The van der Waals surface area contributed by atoms with Crippen molar-refractivity contribution in [2.45, 2.75) is 11.3 Å². The number of sulfonamides is 1. The van der Waals surface area contributed by atoms with Gasteiger partial charge in [-0.15, -0.1) is 0 Å². The molecule has 2 rings (SSSR count). The third-order valence-corrected chi connectivity index (χ3v) is 5.55. The second-order valence-corrected chi connectivity index (χ2v) is 7.13. The molecule has 1 aliphatic heterocycles. The summed E-state index contributed by atoms with van der Waals surface area (Å²) in [5, 5.41) is 0.144. The third-order valence-electron chi connectivity index (χ3n) is 3.40. The number of benzene rings is 1. The van der Waals surface area contributed by atoms with E-state index in [1.54, 1.807) is 0 Å². The van der Waals surface area contributed by atoms with E-state index in [2.05, 4.69) is 4.74 Å². The summed E-state index contributed by atoms with van der Waals surface area (Å²) in [6.07, 6.45) is -0.0653. The largest absolute Gasteiger partial charge is 0.453 e. The fraction of sp³-hybridized carbons (Fsp3) is 0.462. The number of hydrogen-bond donors (Lipinski definition) is 0. The first-order valence-corrected chi connectivity index (χ1v) is 8.46. The molecule has 6 nitrogen and oxygen atoms in total. The number of hydrogen-bond acceptors (Lipinski definition) is 4. The first kappa shape index (κ1) is 17.0. The SMILES string of the molecule is COC(=O)N1CCCN(S(=O)(=O)c2cc(Cl)ccc2F)CC1. The first-order valence-electron chi connectivity index (χ1n) is 6.64. The summed E-state index contributed by atoms with van der Waals surface area (Å²) in [5.74, 6) is -0.849. The molecular weight excluding hydrogens is 335 g/mol. The molecule has 0 aromatic heterocycles. The minimum atomic E-state index is -4.00. The van der Waals surface area contributed by atoms with Crippen LogP contribution in [0.2, 0.25) is 5.02 Å². The topological polar surface area (TPSA) is 66.9 Å². The van der Waals surface area contributed by atoms with Crippen LogP contribution in [-0.2, 0) is 14.8 Å². The lowest BCUT2D eigenvalue weighted by Crippen LogP contribution is -2.37. The minimum absolute atomic E-state index is 0.0728. The van der Waals surface area contributed by atoms with Gasteiger partial charge in [-0.2, -0.15) is 4.31 Å². The smallest absolute Gasteiger partial charge is 0.409 e. The van der Waals surface area contributed by atoms with Crippen LogP contribution in [0.1, 0.15) is 6.42 Å². The third kappa shape index (κ3) is 3.50. The van der Waals surface area contributed by atoms with Crippen LogP contribution in [0.15, 0.2) is 23.1 Å². The van der Waals surface area contributed by atoms with Crippen LogP contribution in [0.5, 0.6) is 0 Å². The molecule has 1 amide bonds. The van der Waals surface area contributed by atoms with E-state index in [4.69, 9.17) is 11.6 Å². The van der Waals surface area contributed by atoms with Crippen molar-refractivity contribution >= 4 is 27.7 Å². The van der Waals surface area contributed by atoms with Gasteiger partial charge >= 0.3 is 6.09 Å². The fourth-order valence-electron chi connectivity index (χ4n) is 2.26. The predicted molar refractivity (Wildman–Crippen MR) is 78.8 cm³/mol. The van der Waals surface area contributed by atoms with E-state index >= 15 is 0 Å². The number of carbonyl (C=O) groups excluding carboxylic acids is 1. The van der Waals surface area contributed by atoms with E-state index in [1.165, 1.54) is 18.1 Å². The fourth-order valence-corrected chi connectivity index (χ4v) is 4.06. The van der Waals surface area contributed by atoms with E-state index < -0.39 is 26.8 Å². The maximum absolute atomic E-state index is 13.8. The minimum Gasteiger partial charge on any atom is -0.453 e. The van der Waals surface area contributed by atoms with Crippen molar-refractivity contribution in [3.63, 3.8) is 0 Å². The second kappa shape index (κ2) is 6.80. The van der Waals surface area contributed by atoms with E-state index in [9.17, 15) is 17.6 Å². The Morgan fingerprint density at radius 1 is 1.27 bits per heavy atom. The van der Waals surface area contributed by atoms with E-state index in [1.807, 2.05) is 0 Å². The lowest BCUT2D eigenvalue weighted by molar-refractivity contribution is 0.126. The van der Waals surface area contributed by atoms with Crippen LogP contribution < -0.4 is 0 Å². The Kier molecular flexibility index (Phi) is 5.25. The zero-order valence-corrected chi connectivity index (χ0v) is 13.5. The van der Waals surface area contributed by atoms with Gasteiger partial charge in [-0.05, 0) is 24.6 Å². The van der Waals surface area contributed by atoms with Gasteiger partial charge in [-0.25, -0.2) is 17.6 Å². The number of nitrogens with zero attached hydrogens (tertiary/aromatic N) is 2. The van der Waals surface area contributed by atoms with Crippen molar-refractivity contribution in [3.8, 4) is 0 Å². The first-order chi connectivity index (χ1) is 10.4. The Hall–Kier alpha value is -1.38. The van der Waals surface area contributed by atoms with Gasteiger partial charge in [0.15, 0.2) is 0 Å². The Balaban J connectivity index is 2.23. The molecule has 1 aromatic rings. The Morgan fingerprint density at radius 2 is 2.00 bits per heavy atom. The molecule has 0 bridgehead atoms. The summed E-state index contributed by atoms with van der Waals surface area (Å²) in [6, 6.07) is 3.40. The molecule has 1 aromatic carbocycles. The highest BCUT2D eigenvalue weighted by molar-refractivity contribution is 7.89. The molecule has 22 heavy (non-hydrogen) atoms. The highest BCUT2D eigenvalue weighted by Crippen LogP contribution is 2.24. The average Bonchev–Trinajstić information content (AvgIpc) is 2.75. The van der Waals surface area contributed by atoms with Gasteiger partial charge in [0.1, 0.15) is 10.7 Å². The quantitative estimate of drug-likeness (QED) is 0.817. The van der Waals surface area contributed by atoms with Gasteiger partial charge in [0.25, 0.3) is 0 Å². The molecule has 1 saturated heterocycles. The molecule has 0 atom stereocenters. The summed E-state index contributed by atoms with van der Waals surface area (Å²) in [7, 11) is -2.73. The van der Waals surface area contributed by atoms with Gasteiger partial charge in [-0.1, -0.05) is 11.6 Å². The Morgan fingerprint density at radius 3 is 2.68 bits per heavy atom. The lowest BCUT2D eigenvalue weighted by Gasteiger charge is -2.21. The van der Waals surface area contributed by atoms with Crippen molar-refractivity contribution < 1.29 is 22.3 Å². The summed E-state index contributed by atoms with van der Waals surface area (Å²) < 4.78 is 44.7. The van der Waals surface area contributed by atoms with Crippen LogP contribution in [-0.4, -0.2) is 57.0 Å². The number of amides is 1. The highest BCUT2D eigenvalue weighted by atomic mass is 35.5. The van der Waals surface area contributed by atoms with Gasteiger partial charge in [0.05, 0.1) is 7.11 Å². The van der Waals surface area contributed by atoms with Crippen LogP contribution in [0.25, 0.3) is 0 Å². The molecule has 1 aliphatic rings. The molecular formula is C13H16ClFN2O4S. The standard InChI is InChI=1S/C13H16ClFN2O4S/c1-21-13(18)16-5-2-6-17(8-7-16)22(19,20)12-9-10(14)3-4-11(12)15/h3-4,9H,2,5-8H2,1H3. The normalized spacial score (nSPS) is 17.1.